The largest absolute Gasteiger partial charge is 0.278 e. The third-order valence-electron chi connectivity index (χ3n) is 5.65. The molecule has 5 rings (SSSR count). The van der Waals surface area contributed by atoms with E-state index in [-0.39, 0.29) is 17.1 Å². The summed E-state index contributed by atoms with van der Waals surface area (Å²) in [6.45, 7) is 0.442. The number of nitrogens with zero attached hydrogens (tertiary/aromatic N) is 3. The number of hydrogen-bond donors (Lipinski definition) is 0. The number of rotatable bonds is 4. The minimum absolute atomic E-state index is 0.151. The normalized spacial score (nSPS) is 16.7. The molecule has 2 aromatic carbocycles. The molecule has 0 bridgehead atoms. The first-order valence-corrected chi connectivity index (χ1v) is 12.8. The van der Waals surface area contributed by atoms with Crippen molar-refractivity contribution in [3.05, 3.63) is 76.9 Å². The molecule has 2 aromatic heterocycles. The highest BCUT2D eigenvalue weighted by atomic mass is 35.5. The second-order valence-corrected chi connectivity index (χ2v) is 10.3. The van der Waals surface area contributed by atoms with E-state index in [1.165, 1.54) is 16.7 Å². The van der Waals surface area contributed by atoms with Crippen molar-refractivity contribution in [2.45, 2.75) is 29.5 Å². The third kappa shape index (κ3) is 4.53. The van der Waals surface area contributed by atoms with E-state index < -0.39 is 0 Å². The molecule has 0 N–H and O–H groups in total. The van der Waals surface area contributed by atoms with E-state index in [1.807, 2.05) is 42.5 Å². The van der Waals surface area contributed by atoms with E-state index >= 15 is 0 Å². The van der Waals surface area contributed by atoms with Crippen LogP contribution in [0.15, 0.2) is 71.3 Å². The van der Waals surface area contributed by atoms with Gasteiger partial charge in [-0.3, -0.25) is 14.5 Å². The molecular weight excluding hydrogens is 474 g/mol. The Labute approximate surface area is 204 Å². The van der Waals surface area contributed by atoms with E-state index in [1.54, 1.807) is 29.8 Å². The first-order valence-electron chi connectivity index (χ1n) is 10.7. The lowest BCUT2D eigenvalue weighted by Crippen LogP contribution is -2.41. The number of thiophene rings is 1. The first-order chi connectivity index (χ1) is 16.1. The molecular formula is C25H20ClN3O2S2. The quantitative estimate of drug-likeness (QED) is 0.245. The third-order valence-corrected chi connectivity index (χ3v) is 8.04. The molecule has 4 aromatic rings. The standard InChI is InChI=1S/C25H20ClN3O2S2/c26-18-11-9-16(10-12-18)19-14-32-22-21(19)23(28-15-27-22)33-20-8-4-5-13-29(25(20)31)24(30)17-6-2-1-3-7-17/h1-3,6-7,9-12,14-15,20H,4-5,8,13H2/t20-/m0/s1. The molecule has 0 aliphatic carbocycles. The van der Waals surface area contributed by atoms with Gasteiger partial charge in [-0.2, -0.15) is 0 Å². The van der Waals surface area contributed by atoms with Gasteiger partial charge in [-0.05, 0) is 42.7 Å². The number of fused-ring (bicyclic) bond motifs is 1. The van der Waals surface area contributed by atoms with Gasteiger partial charge in [0.15, 0.2) is 0 Å². The fourth-order valence-electron chi connectivity index (χ4n) is 3.97. The van der Waals surface area contributed by atoms with E-state index in [9.17, 15) is 9.59 Å². The average molecular weight is 494 g/mol. The summed E-state index contributed by atoms with van der Waals surface area (Å²) in [5.74, 6) is -0.389. The Balaban J connectivity index is 1.47. The second-order valence-electron chi connectivity index (χ2n) is 7.78. The van der Waals surface area contributed by atoms with Gasteiger partial charge in [-0.15, -0.1) is 11.3 Å². The van der Waals surface area contributed by atoms with Gasteiger partial charge in [-0.25, -0.2) is 9.97 Å². The van der Waals surface area contributed by atoms with Crippen molar-refractivity contribution in [1.82, 2.24) is 14.9 Å². The number of hydrogen-bond acceptors (Lipinski definition) is 6. The summed E-state index contributed by atoms with van der Waals surface area (Å²) < 4.78 is 0. The monoisotopic (exact) mass is 493 g/mol. The maximum atomic E-state index is 13.5. The maximum Gasteiger partial charge on any atom is 0.260 e. The molecule has 3 heterocycles. The fourth-order valence-corrected chi connectivity index (χ4v) is 6.29. The number of amides is 2. The summed E-state index contributed by atoms with van der Waals surface area (Å²) >= 11 is 9.05. The van der Waals surface area contributed by atoms with Gasteiger partial charge in [0.1, 0.15) is 16.2 Å². The van der Waals surface area contributed by atoms with Crippen molar-refractivity contribution in [3.8, 4) is 11.1 Å². The van der Waals surface area contributed by atoms with E-state index in [4.69, 9.17) is 11.6 Å². The Morgan fingerprint density at radius 1 is 1.06 bits per heavy atom. The Bertz CT molecular complexity index is 1310. The van der Waals surface area contributed by atoms with Gasteiger partial charge in [-0.1, -0.05) is 60.1 Å². The molecule has 5 nitrogen and oxygen atoms in total. The molecule has 33 heavy (non-hydrogen) atoms. The van der Waals surface area contributed by atoms with E-state index in [0.717, 1.165) is 39.2 Å². The minimum Gasteiger partial charge on any atom is -0.278 e. The van der Waals surface area contributed by atoms with Crippen LogP contribution >= 0.6 is 34.7 Å². The van der Waals surface area contributed by atoms with Crippen LogP contribution in [0.1, 0.15) is 29.6 Å². The zero-order chi connectivity index (χ0) is 22.8. The highest BCUT2D eigenvalue weighted by molar-refractivity contribution is 8.00. The summed E-state index contributed by atoms with van der Waals surface area (Å²) in [5.41, 5.74) is 2.58. The van der Waals surface area contributed by atoms with Crippen LogP contribution in [0.3, 0.4) is 0 Å². The summed E-state index contributed by atoms with van der Waals surface area (Å²) in [7, 11) is 0. The Hall–Kier alpha value is -2.74. The second kappa shape index (κ2) is 9.63. The van der Waals surface area contributed by atoms with E-state index in [0.29, 0.717) is 23.6 Å². The highest BCUT2D eigenvalue weighted by Crippen LogP contribution is 2.40. The molecule has 1 aliphatic heterocycles. The molecule has 1 atom stereocenters. The lowest BCUT2D eigenvalue weighted by atomic mass is 10.1. The van der Waals surface area contributed by atoms with Crippen LogP contribution in [-0.4, -0.2) is 38.5 Å². The van der Waals surface area contributed by atoms with Gasteiger partial charge in [0.2, 0.25) is 5.91 Å². The lowest BCUT2D eigenvalue weighted by Gasteiger charge is -2.22. The molecule has 0 unspecified atom stereocenters. The predicted octanol–water partition coefficient (Wildman–Crippen LogP) is 6.33. The van der Waals surface area contributed by atoms with Gasteiger partial charge in [0.25, 0.3) is 5.91 Å². The fraction of sp³-hybridized carbons (Fsp3) is 0.200. The minimum atomic E-state index is -0.378. The molecule has 0 radical (unpaired) electrons. The summed E-state index contributed by atoms with van der Waals surface area (Å²) in [4.78, 5) is 37.8. The Kier molecular flexibility index (Phi) is 6.44. The number of carbonyl (C=O) groups excluding carboxylic acids is 2. The molecule has 166 valence electrons. The van der Waals surface area contributed by atoms with Crippen LogP contribution in [0.25, 0.3) is 21.3 Å². The molecule has 1 saturated heterocycles. The molecule has 2 amide bonds. The first kappa shape index (κ1) is 22.1. The average Bonchev–Trinajstić information content (AvgIpc) is 3.20. The molecule has 1 aliphatic rings. The highest BCUT2D eigenvalue weighted by Gasteiger charge is 2.33. The molecule has 0 saturated carbocycles. The molecule has 1 fully saturated rings. The number of likely N-dealkylation sites (tertiary alicyclic amines) is 1. The van der Waals surface area contributed by atoms with Crippen LogP contribution < -0.4 is 0 Å². The van der Waals surface area contributed by atoms with Crippen molar-refractivity contribution in [2.24, 2.45) is 0 Å². The number of benzene rings is 2. The van der Waals surface area contributed by atoms with Crippen LogP contribution in [0.4, 0.5) is 0 Å². The van der Waals surface area contributed by atoms with Gasteiger partial charge < -0.3 is 0 Å². The number of thioether (sulfide) groups is 1. The zero-order valence-corrected chi connectivity index (χ0v) is 20.0. The smallest absolute Gasteiger partial charge is 0.260 e. The van der Waals surface area contributed by atoms with Crippen LogP contribution in [0.5, 0.6) is 0 Å². The van der Waals surface area contributed by atoms with Crippen molar-refractivity contribution < 1.29 is 9.59 Å². The molecule has 8 heteroatoms. The van der Waals surface area contributed by atoms with Crippen molar-refractivity contribution in [3.63, 3.8) is 0 Å². The zero-order valence-electron chi connectivity index (χ0n) is 17.6. The van der Waals surface area contributed by atoms with Crippen molar-refractivity contribution >= 4 is 56.7 Å². The van der Waals surface area contributed by atoms with Crippen molar-refractivity contribution in [1.29, 1.82) is 0 Å². The number of halogens is 1. The van der Waals surface area contributed by atoms with Crippen LogP contribution in [0.2, 0.25) is 5.02 Å². The van der Waals surface area contributed by atoms with Crippen LogP contribution in [0, 0.1) is 0 Å². The van der Waals surface area contributed by atoms with Gasteiger partial charge in [0.05, 0.1) is 10.6 Å². The van der Waals surface area contributed by atoms with E-state index in [2.05, 4.69) is 15.3 Å². The maximum absolute atomic E-state index is 13.5. The predicted molar refractivity (Wildman–Crippen MR) is 134 cm³/mol. The number of imide groups is 1. The van der Waals surface area contributed by atoms with Crippen molar-refractivity contribution in [2.75, 3.05) is 6.54 Å². The summed E-state index contributed by atoms with van der Waals surface area (Å²) in [6.07, 6.45) is 3.92. The summed E-state index contributed by atoms with van der Waals surface area (Å²) in [5, 5.41) is 4.06. The lowest BCUT2D eigenvalue weighted by molar-refractivity contribution is -0.127. The topological polar surface area (TPSA) is 63.2 Å². The summed E-state index contributed by atoms with van der Waals surface area (Å²) in [6, 6.07) is 16.7. The Morgan fingerprint density at radius 2 is 1.85 bits per heavy atom. The number of aromatic nitrogens is 2. The Morgan fingerprint density at radius 3 is 2.64 bits per heavy atom. The molecule has 0 spiro atoms. The SMILES string of the molecule is O=C(c1ccccc1)N1CCCC[C@H](Sc2ncnc3scc(-c4ccc(Cl)cc4)c23)C1=O. The van der Waals surface area contributed by atoms with Gasteiger partial charge >= 0.3 is 0 Å². The van der Waals surface area contributed by atoms with Gasteiger partial charge in [0, 0.05) is 28.1 Å². The van der Waals surface area contributed by atoms with Crippen LogP contribution in [-0.2, 0) is 4.79 Å². The number of carbonyl (C=O) groups is 2.